The van der Waals surface area contributed by atoms with Gasteiger partial charge in [-0.15, -0.1) is 0 Å². The molecule has 1 N–H and O–H groups in total. The summed E-state index contributed by atoms with van der Waals surface area (Å²) >= 11 is 0. The number of para-hydroxylation sites is 1. The first kappa shape index (κ1) is 23.3. The Morgan fingerprint density at radius 2 is 2.00 bits per heavy atom. The molecule has 4 rings (SSSR count). The van der Waals surface area contributed by atoms with E-state index in [1.807, 2.05) is 24.3 Å². The van der Waals surface area contributed by atoms with Crippen molar-refractivity contribution in [3.63, 3.8) is 0 Å². The predicted octanol–water partition coefficient (Wildman–Crippen LogP) is 4.01. The van der Waals surface area contributed by atoms with Crippen LogP contribution in [0.2, 0.25) is 0 Å². The number of hydrogen-bond acceptors (Lipinski definition) is 7. The third kappa shape index (κ3) is 4.74. The molecule has 1 aliphatic heterocycles. The molecule has 0 spiro atoms. The molecule has 34 heavy (non-hydrogen) atoms. The number of ether oxygens (including phenoxy) is 1. The van der Waals surface area contributed by atoms with E-state index in [0.29, 0.717) is 40.3 Å². The van der Waals surface area contributed by atoms with Crippen molar-refractivity contribution in [3.05, 3.63) is 75.0 Å². The molecule has 0 unspecified atom stereocenters. The van der Waals surface area contributed by atoms with Gasteiger partial charge in [-0.3, -0.25) is 24.8 Å². The molecule has 1 aliphatic rings. The molecule has 0 atom stereocenters. The van der Waals surface area contributed by atoms with Gasteiger partial charge in [0.15, 0.2) is 6.61 Å². The highest BCUT2D eigenvalue weighted by Crippen LogP contribution is 2.29. The van der Waals surface area contributed by atoms with Gasteiger partial charge in [-0.2, -0.15) is 0 Å². The molecule has 176 valence electrons. The first-order chi connectivity index (χ1) is 16.2. The third-order valence-electron chi connectivity index (χ3n) is 6.05. The number of amides is 1. The Labute approximate surface area is 196 Å². The van der Waals surface area contributed by atoms with E-state index in [1.165, 1.54) is 12.1 Å². The number of hydrogen-bond donors (Lipinski definition) is 1. The fraction of sp³-hybridized carbons (Fsp3) is 0.320. The lowest BCUT2D eigenvalue weighted by Crippen LogP contribution is -2.37. The highest BCUT2D eigenvalue weighted by molar-refractivity contribution is 6.06. The number of nitro groups is 1. The average Bonchev–Trinajstić information content (AvgIpc) is 2.81. The molecule has 1 amide bonds. The summed E-state index contributed by atoms with van der Waals surface area (Å²) in [5.41, 5.74) is 3.68. The predicted molar refractivity (Wildman–Crippen MR) is 128 cm³/mol. The Morgan fingerprint density at radius 3 is 2.74 bits per heavy atom. The molecular weight excluding hydrogens is 436 g/mol. The van der Waals surface area contributed by atoms with Crippen molar-refractivity contribution in [2.75, 3.05) is 18.5 Å². The molecule has 0 saturated heterocycles. The van der Waals surface area contributed by atoms with E-state index in [9.17, 15) is 19.7 Å². The zero-order chi connectivity index (χ0) is 24.4. The lowest BCUT2D eigenvalue weighted by molar-refractivity contribution is -0.384. The largest absolute Gasteiger partial charge is 0.452 e. The quantitative estimate of drug-likeness (QED) is 0.334. The van der Waals surface area contributed by atoms with Crippen molar-refractivity contribution in [1.29, 1.82) is 0 Å². The fourth-order valence-electron chi connectivity index (χ4n) is 4.13. The van der Waals surface area contributed by atoms with Crippen LogP contribution in [0.3, 0.4) is 0 Å². The Hall–Kier alpha value is -3.85. The second kappa shape index (κ2) is 9.56. The minimum atomic E-state index is -0.591. The maximum absolute atomic E-state index is 13.2. The lowest BCUT2D eigenvalue weighted by Gasteiger charge is -2.32. The molecule has 2 aromatic carbocycles. The van der Waals surface area contributed by atoms with Crippen molar-refractivity contribution < 1.29 is 19.2 Å². The number of aryl methyl sites for hydroxylation is 1. The second-order valence-corrected chi connectivity index (χ2v) is 8.62. The molecule has 0 fully saturated rings. The van der Waals surface area contributed by atoms with Gasteiger partial charge in [0.2, 0.25) is 0 Å². The van der Waals surface area contributed by atoms with E-state index in [1.54, 1.807) is 13.0 Å². The monoisotopic (exact) mass is 462 g/mol. The summed E-state index contributed by atoms with van der Waals surface area (Å²) in [4.78, 5) is 43.3. The smallest absolute Gasteiger partial charge is 0.339 e. The number of esters is 1. The Balaban J connectivity index is 1.57. The minimum Gasteiger partial charge on any atom is -0.452 e. The molecule has 3 aromatic rings. The van der Waals surface area contributed by atoms with Gasteiger partial charge in [-0.25, -0.2) is 4.79 Å². The lowest BCUT2D eigenvalue weighted by atomic mass is 9.95. The number of nitro benzene ring substituents is 1. The fourth-order valence-corrected chi connectivity index (χ4v) is 4.13. The van der Waals surface area contributed by atoms with Crippen molar-refractivity contribution in [3.8, 4) is 0 Å². The van der Waals surface area contributed by atoms with E-state index in [4.69, 9.17) is 9.72 Å². The zero-order valence-corrected chi connectivity index (χ0v) is 19.3. The van der Waals surface area contributed by atoms with Crippen LogP contribution in [-0.4, -0.2) is 45.9 Å². The molecule has 9 nitrogen and oxygen atoms in total. The van der Waals surface area contributed by atoms with Crippen molar-refractivity contribution in [1.82, 2.24) is 9.88 Å². The maximum Gasteiger partial charge on any atom is 0.339 e. The van der Waals surface area contributed by atoms with Crippen LogP contribution < -0.4 is 5.32 Å². The topological polar surface area (TPSA) is 115 Å². The SMILES string of the molecule is Cc1ccc([N+](=O)[O-])cc1NC(=O)COC(=O)c1c2c(nc3ccccc13)CCN(C(C)C)C2. The van der Waals surface area contributed by atoms with Gasteiger partial charge in [0, 0.05) is 54.3 Å². The number of rotatable bonds is 6. The van der Waals surface area contributed by atoms with E-state index in [-0.39, 0.29) is 5.69 Å². The van der Waals surface area contributed by atoms with E-state index >= 15 is 0 Å². The molecule has 0 radical (unpaired) electrons. The highest BCUT2D eigenvalue weighted by atomic mass is 16.6. The summed E-state index contributed by atoms with van der Waals surface area (Å²) in [6.45, 7) is 6.86. The molecular formula is C25H26N4O5. The van der Waals surface area contributed by atoms with Crippen LogP contribution in [0.15, 0.2) is 42.5 Å². The summed E-state index contributed by atoms with van der Waals surface area (Å²) < 4.78 is 5.42. The van der Waals surface area contributed by atoms with Gasteiger partial charge in [-0.1, -0.05) is 24.3 Å². The van der Waals surface area contributed by atoms with Crippen molar-refractivity contribution >= 4 is 34.2 Å². The Kier molecular flexibility index (Phi) is 6.56. The van der Waals surface area contributed by atoms with Crippen LogP contribution in [0.25, 0.3) is 10.9 Å². The molecule has 9 heteroatoms. The molecule has 0 saturated carbocycles. The van der Waals surface area contributed by atoms with Gasteiger partial charge in [-0.05, 0) is 32.4 Å². The molecule has 1 aromatic heterocycles. The number of nitrogens with one attached hydrogen (secondary N) is 1. The van der Waals surface area contributed by atoms with Crippen LogP contribution in [0.1, 0.15) is 41.0 Å². The number of non-ortho nitro benzene ring substituents is 1. The Bertz CT molecular complexity index is 1290. The van der Waals surface area contributed by atoms with Crippen molar-refractivity contribution in [2.45, 2.75) is 39.8 Å². The molecule has 0 bridgehead atoms. The zero-order valence-electron chi connectivity index (χ0n) is 19.3. The number of anilines is 1. The summed E-state index contributed by atoms with van der Waals surface area (Å²) in [5.74, 6) is -1.17. The highest BCUT2D eigenvalue weighted by Gasteiger charge is 2.28. The number of carbonyl (C=O) groups is 2. The first-order valence-electron chi connectivity index (χ1n) is 11.1. The number of fused-ring (bicyclic) bond motifs is 2. The molecule has 2 heterocycles. The number of nitrogens with zero attached hydrogens (tertiary/aromatic N) is 3. The van der Waals surface area contributed by atoms with Gasteiger partial charge >= 0.3 is 5.97 Å². The number of carbonyl (C=O) groups excluding carboxylic acids is 2. The second-order valence-electron chi connectivity index (χ2n) is 8.62. The van der Waals surface area contributed by atoms with E-state index < -0.39 is 23.4 Å². The average molecular weight is 463 g/mol. The number of pyridine rings is 1. The van der Waals surface area contributed by atoms with Crippen molar-refractivity contribution in [2.24, 2.45) is 0 Å². The standard InChI is InChI=1S/C25H26N4O5/c1-15(2)28-11-10-21-19(13-28)24(18-6-4-5-7-20(18)26-21)25(31)34-14-23(30)27-22-12-17(29(32)33)9-8-16(22)3/h4-9,12,15H,10-11,13-14H2,1-3H3,(H,27,30). The molecule has 0 aliphatic carbocycles. The summed E-state index contributed by atoms with van der Waals surface area (Å²) in [5, 5.41) is 14.3. The summed E-state index contributed by atoms with van der Waals surface area (Å²) in [6, 6.07) is 11.9. The van der Waals surface area contributed by atoms with E-state index in [0.717, 1.165) is 24.2 Å². The van der Waals surface area contributed by atoms with Crippen LogP contribution in [-0.2, 0) is 22.5 Å². The van der Waals surface area contributed by atoms with Gasteiger partial charge in [0.1, 0.15) is 0 Å². The normalized spacial score (nSPS) is 13.5. The Morgan fingerprint density at radius 1 is 1.24 bits per heavy atom. The van der Waals surface area contributed by atoms with Gasteiger partial charge in [0.05, 0.1) is 21.7 Å². The van der Waals surface area contributed by atoms with E-state index in [2.05, 4.69) is 24.1 Å². The number of benzene rings is 2. The minimum absolute atomic E-state index is 0.137. The van der Waals surface area contributed by atoms with Gasteiger partial charge < -0.3 is 10.1 Å². The van der Waals surface area contributed by atoms with Gasteiger partial charge in [0.25, 0.3) is 11.6 Å². The summed E-state index contributed by atoms with van der Waals surface area (Å²) in [6.07, 6.45) is 0.727. The maximum atomic E-state index is 13.2. The van der Waals surface area contributed by atoms with Crippen LogP contribution in [0.5, 0.6) is 0 Å². The van der Waals surface area contributed by atoms with Crippen LogP contribution >= 0.6 is 0 Å². The number of aromatic nitrogens is 1. The third-order valence-corrected chi connectivity index (χ3v) is 6.05. The summed E-state index contributed by atoms with van der Waals surface area (Å²) in [7, 11) is 0. The van der Waals surface area contributed by atoms with Crippen LogP contribution in [0, 0.1) is 17.0 Å². The van der Waals surface area contributed by atoms with Crippen LogP contribution in [0.4, 0.5) is 11.4 Å². The first-order valence-corrected chi connectivity index (χ1v) is 11.1.